The molecule has 1 unspecified atom stereocenters. The number of nitro benzene ring substituents is 1. The van der Waals surface area contributed by atoms with Crippen LogP contribution in [-0.4, -0.2) is 4.92 Å². The van der Waals surface area contributed by atoms with E-state index in [1.807, 2.05) is 30.3 Å². The number of benzene rings is 7. The largest absolute Gasteiger partial charge is 0.455 e. The van der Waals surface area contributed by atoms with Crippen LogP contribution in [0.1, 0.15) is 22.3 Å². The summed E-state index contributed by atoms with van der Waals surface area (Å²) in [5.74, 6) is 0. The number of fused-ring (bicyclic) bond motifs is 16. The van der Waals surface area contributed by atoms with Gasteiger partial charge in [0.05, 0.1) is 15.9 Å². The highest BCUT2D eigenvalue weighted by Crippen LogP contribution is 2.67. The van der Waals surface area contributed by atoms with Crippen molar-refractivity contribution >= 4 is 38.4 Å². The van der Waals surface area contributed by atoms with Gasteiger partial charge in [0.2, 0.25) is 0 Å². The topological polar surface area (TPSA) is 56.3 Å². The summed E-state index contributed by atoms with van der Waals surface area (Å²) in [6, 6.07) is 47.7. The highest BCUT2D eigenvalue weighted by molar-refractivity contribution is 6.14. The van der Waals surface area contributed by atoms with Crippen molar-refractivity contribution in [2.24, 2.45) is 0 Å². The number of hydrogen-bond donors (Lipinski definition) is 0. The Morgan fingerprint density at radius 2 is 1.18 bits per heavy atom. The van der Waals surface area contributed by atoms with Crippen LogP contribution in [0.2, 0.25) is 0 Å². The van der Waals surface area contributed by atoms with Crippen LogP contribution in [-0.2, 0) is 5.41 Å². The molecule has 4 nitrogen and oxygen atoms in total. The van der Waals surface area contributed by atoms with Crippen molar-refractivity contribution in [1.82, 2.24) is 0 Å². The maximum absolute atomic E-state index is 12.4. The number of para-hydroxylation sites is 2. The molecule has 0 aliphatic heterocycles. The minimum absolute atomic E-state index is 0.0982. The van der Waals surface area contributed by atoms with Crippen molar-refractivity contribution in [3.63, 3.8) is 0 Å². The van der Waals surface area contributed by atoms with Gasteiger partial charge < -0.3 is 4.42 Å². The molecule has 1 heterocycles. The first kappa shape index (κ1) is 24.4. The van der Waals surface area contributed by atoms with Crippen LogP contribution >= 0.6 is 0 Å². The summed E-state index contributed by atoms with van der Waals surface area (Å²) < 4.78 is 6.69. The number of nitrogens with zero attached hydrogens (tertiary/aromatic N) is 1. The van der Waals surface area contributed by atoms with E-state index < -0.39 is 5.41 Å². The molecule has 0 saturated heterocycles. The SMILES string of the molecule is O=[N+]([O-])c1ccccc1-c1cccc2c1C1(c3ccccc3-c3c1ccc1c3oc3ccccc31)c1c-2ccc2ccccc12. The zero-order valence-corrected chi connectivity index (χ0v) is 24.0. The molecule has 0 bridgehead atoms. The summed E-state index contributed by atoms with van der Waals surface area (Å²) in [6.45, 7) is 0. The van der Waals surface area contributed by atoms with Crippen molar-refractivity contribution < 1.29 is 9.34 Å². The lowest BCUT2D eigenvalue weighted by Crippen LogP contribution is -2.27. The minimum atomic E-state index is -0.731. The highest BCUT2D eigenvalue weighted by atomic mass is 16.6. The summed E-state index contributed by atoms with van der Waals surface area (Å²) in [4.78, 5) is 12.2. The van der Waals surface area contributed by atoms with Crippen molar-refractivity contribution in [2.45, 2.75) is 5.41 Å². The molecule has 0 amide bonds. The molecule has 1 aromatic heterocycles. The third-order valence-electron chi connectivity index (χ3n) is 9.98. The van der Waals surface area contributed by atoms with Crippen molar-refractivity contribution in [1.29, 1.82) is 0 Å². The van der Waals surface area contributed by atoms with Crippen LogP contribution < -0.4 is 0 Å². The fraction of sp³-hybridized carbons (Fsp3) is 0.0244. The Kier molecular flexibility index (Phi) is 4.64. The molecule has 2 aliphatic carbocycles. The molecule has 45 heavy (non-hydrogen) atoms. The van der Waals surface area contributed by atoms with Crippen LogP contribution in [0, 0.1) is 10.1 Å². The van der Waals surface area contributed by atoms with Gasteiger partial charge in [-0.3, -0.25) is 10.1 Å². The quantitative estimate of drug-likeness (QED) is 0.152. The Morgan fingerprint density at radius 1 is 0.511 bits per heavy atom. The molecule has 0 radical (unpaired) electrons. The van der Waals surface area contributed by atoms with Crippen LogP contribution in [0.3, 0.4) is 0 Å². The molecule has 8 aromatic rings. The first-order valence-electron chi connectivity index (χ1n) is 15.1. The van der Waals surface area contributed by atoms with Gasteiger partial charge in [0.1, 0.15) is 11.2 Å². The van der Waals surface area contributed by atoms with E-state index in [-0.39, 0.29) is 10.6 Å². The molecule has 0 N–H and O–H groups in total. The molecule has 1 atom stereocenters. The average molecular weight is 578 g/mol. The molecular formula is C41H23NO3. The van der Waals surface area contributed by atoms with Crippen molar-refractivity contribution in [3.8, 4) is 33.4 Å². The lowest BCUT2D eigenvalue weighted by molar-refractivity contribution is -0.384. The van der Waals surface area contributed by atoms with E-state index >= 15 is 0 Å². The molecule has 1 spiro atoms. The van der Waals surface area contributed by atoms with E-state index in [0.29, 0.717) is 5.56 Å². The first-order valence-corrected chi connectivity index (χ1v) is 15.1. The molecule has 7 aromatic carbocycles. The predicted octanol–water partition coefficient (Wildman–Crippen LogP) is 10.7. The molecule has 10 rings (SSSR count). The number of rotatable bonds is 2. The van der Waals surface area contributed by atoms with E-state index in [2.05, 4.69) is 97.1 Å². The Balaban J connectivity index is 1.46. The fourth-order valence-electron chi connectivity index (χ4n) is 8.37. The van der Waals surface area contributed by atoms with Gasteiger partial charge in [-0.1, -0.05) is 121 Å². The van der Waals surface area contributed by atoms with Gasteiger partial charge in [-0.05, 0) is 67.4 Å². The number of furan rings is 1. The Hall–Kier alpha value is -6.00. The van der Waals surface area contributed by atoms with Gasteiger partial charge in [0.15, 0.2) is 0 Å². The van der Waals surface area contributed by atoms with Crippen LogP contribution in [0.25, 0.3) is 66.1 Å². The Labute approximate surface area is 258 Å². The third kappa shape index (κ3) is 2.91. The summed E-state index contributed by atoms with van der Waals surface area (Å²) in [6.07, 6.45) is 0. The Bertz CT molecular complexity index is 2590. The summed E-state index contributed by atoms with van der Waals surface area (Å²) in [7, 11) is 0. The zero-order valence-electron chi connectivity index (χ0n) is 24.0. The van der Waals surface area contributed by atoms with E-state index in [1.54, 1.807) is 12.1 Å². The summed E-state index contributed by atoms with van der Waals surface area (Å²) in [5.41, 5.74) is 11.6. The lowest BCUT2D eigenvalue weighted by Gasteiger charge is -2.33. The normalized spacial score (nSPS) is 15.8. The predicted molar refractivity (Wildman–Crippen MR) is 180 cm³/mol. The molecular weight excluding hydrogens is 554 g/mol. The zero-order chi connectivity index (χ0) is 29.9. The lowest BCUT2D eigenvalue weighted by atomic mass is 9.67. The van der Waals surface area contributed by atoms with Crippen LogP contribution in [0.4, 0.5) is 5.69 Å². The molecule has 4 heteroatoms. The average Bonchev–Trinajstić information content (AvgIpc) is 3.72. The maximum Gasteiger partial charge on any atom is 0.277 e. The molecule has 0 saturated carbocycles. The third-order valence-corrected chi connectivity index (χ3v) is 9.98. The second-order valence-electron chi connectivity index (χ2n) is 12.0. The van der Waals surface area contributed by atoms with Gasteiger partial charge in [-0.15, -0.1) is 0 Å². The van der Waals surface area contributed by atoms with E-state index in [4.69, 9.17) is 4.42 Å². The van der Waals surface area contributed by atoms with Crippen molar-refractivity contribution in [2.75, 3.05) is 0 Å². The maximum atomic E-state index is 12.4. The van der Waals surface area contributed by atoms with Crippen LogP contribution in [0.15, 0.2) is 144 Å². The first-order chi connectivity index (χ1) is 22.2. The monoisotopic (exact) mass is 577 g/mol. The van der Waals surface area contributed by atoms with E-state index in [1.165, 1.54) is 10.9 Å². The molecule has 2 aliphatic rings. The number of nitro groups is 1. The van der Waals surface area contributed by atoms with Gasteiger partial charge in [0, 0.05) is 22.4 Å². The number of hydrogen-bond acceptors (Lipinski definition) is 3. The highest BCUT2D eigenvalue weighted by Gasteiger charge is 2.54. The van der Waals surface area contributed by atoms with Crippen molar-refractivity contribution in [3.05, 3.63) is 172 Å². The van der Waals surface area contributed by atoms with Gasteiger partial charge in [0.25, 0.3) is 5.69 Å². The van der Waals surface area contributed by atoms with Gasteiger partial charge in [-0.25, -0.2) is 0 Å². The van der Waals surface area contributed by atoms with E-state index in [9.17, 15) is 10.1 Å². The van der Waals surface area contributed by atoms with E-state index in [0.717, 1.165) is 71.8 Å². The fourth-order valence-corrected chi connectivity index (χ4v) is 8.37. The standard InChI is InChI=1S/C41H23NO3/c43-42(44)35-18-7-4-12-26(35)28-15-9-16-29-30-21-20-24-10-1-2-11-25(24)38(30)41(39(28)29)33-17-6-3-14-32(33)37-34(41)23-22-31-27-13-5-8-19-36(27)45-40(31)37/h1-23H. The smallest absolute Gasteiger partial charge is 0.277 e. The molecule has 210 valence electrons. The molecule has 0 fully saturated rings. The second kappa shape index (κ2) is 8.55. The van der Waals surface area contributed by atoms with Crippen LogP contribution in [0.5, 0.6) is 0 Å². The summed E-state index contributed by atoms with van der Waals surface area (Å²) in [5, 5.41) is 16.9. The van der Waals surface area contributed by atoms with Gasteiger partial charge >= 0.3 is 0 Å². The van der Waals surface area contributed by atoms with Gasteiger partial charge in [-0.2, -0.15) is 0 Å². The second-order valence-corrected chi connectivity index (χ2v) is 12.0. The minimum Gasteiger partial charge on any atom is -0.455 e. The Morgan fingerprint density at radius 3 is 2.04 bits per heavy atom. The summed E-state index contributed by atoms with van der Waals surface area (Å²) >= 11 is 0.